The third-order valence-corrected chi connectivity index (χ3v) is 5.99. The van der Waals surface area contributed by atoms with Crippen molar-refractivity contribution in [3.05, 3.63) is 60.2 Å². The van der Waals surface area contributed by atoms with Crippen LogP contribution in [0.3, 0.4) is 0 Å². The average molecular weight is 390 g/mol. The number of rotatable bonds is 4. The Kier molecular flexibility index (Phi) is 4.37. The summed E-state index contributed by atoms with van der Waals surface area (Å²) in [7, 11) is 0. The van der Waals surface area contributed by atoms with Crippen molar-refractivity contribution in [2.75, 3.05) is 31.1 Å². The van der Waals surface area contributed by atoms with Gasteiger partial charge in [0.25, 0.3) is 5.91 Å². The van der Waals surface area contributed by atoms with Crippen LogP contribution in [0.5, 0.6) is 0 Å². The molecule has 148 valence electrons. The van der Waals surface area contributed by atoms with Gasteiger partial charge in [-0.15, -0.1) is 0 Å². The molecule has 8 heteroatoms. The summed E-state index contributed by atoms with van der Waals surface area (Å²) >= 11 is 0. The second-order valence-electron chi connectivity index (χ2n) is 8.05. The SMILES string of the molecule is O=C(NO)c1cnc(N2CCC3(CN(Cc4cncc5ccccc45)C3)C2)nc1. The smallest absolute Gasteiger partial charge is 0.277 e. The number of likely N-dealkylation sites (tertiary alicyclic amines) is 1. The topological polar surface area (TPSA) is 94.5 Å². The van der Waals surface area contributed by atoms with Crippen LogP contribution in [-0.4, -0.2) is 57.1 Å². The summed E-state index contributed by atoms with van der Waals surface area (Å²) in [5.74, 6) is 0.0278. The predicted molar refractivity (Wildman–Crippen MR) is 108 cm³/mol. The molecule has 2 aliphatic rings. The molecule has 0 saturated carbocycles. The fourth-order valence-corrected chi connectivity index (χ4v) is 4.59. The normalized spacial score (nSPS) is 18.2. The van der Waals surface area contributed by atoms with Gasteiger partial charge < -0.3 is 4.90 Å². The van der Waals surface area contributed by atoms with E-state index in [4.69, 9.17) is 5.21 Å². The first-order valence-corrected chi connectivity index (χ1v) is 9.71. The summed E-state index contributed by atoms with van der Waals surface area (Å²) in [6.07, 6.45) is 7.89. The van der Waals surface area contributed by atoms with Gasteiger partial charge in [-0.1, -0.05) is 24.3 Å². The zero-order valence-corrected chi connectivity index (χ0v) is 16.0. The molecule has 4 heterocycles. The standard InChI is InChI=1S/C21H22N6O2/c28-19(25-29)16-9-23-20(24-10-16)27-6-5-21(14-27)12-26(13-21)11-17-8-22-7-15-3-1-2-4-18(15)17/h1-4,7-10,29H,5-6,11-14H2,(H,25,28). The highest BCUT2D eigenvalue weighted by Crippen LogP contribution is 2.41. The number of benzene rings is 1. The maximum Gasteiger partial charge on any atom is 0.277 e. The molecule has 29 heavy (non-hydrogen) atoms. The Hall–Kier alpha value is -3.10. The molecule has 2 saturated heterocycles. The minimum absolute atomic E-state index is 0.240. The van der Waals surface area contributed by atoms with Crippen molar-refractivity contribution in [2.45, 2.75) is 13.0 Å². The molecule has 2 fully saturated rings. The van der Waals surface area contributed by atoms with Gasteiger partial charge in [0.1, 0.15) is 0 Å². The number of nitrogens with one attached hydrogen (secondary N) is 1. The minimum Gasteiger partial charge on any atom is -0.340 e. The molecule has 1 amide bonds. The van der Waals surface area contributed by atoms with Crippen molar-refractivity contribution in [2.24, 2.45) is 5.41 Å². The van der Waals surface area contributed by atoms with E-state index >= 15 is 0 Å². The molecule has 3 aromatic rings. The van der Waals surface area contributed by atoms with Crippen LogP contribution in [0.15, 0.2) is 49.1 Å². The highest BCUT2D eigenvalue weighted by atomic mass is 16.5. The summed E-state index contributed by atoms with van der Waals surface area (Å²) in [4.78, 5) is 29.0. The van der Waals surface area contributed by atoms with E-state index in [1.54, 1.807) is 5.48 Å². The first kappa shape index (κ1) is 18.0. The Morgan fingerprint density at radius 1 is 1.10 bits per heavy atom. The van der Waals surface area contributed by atoms with E-state index in [2.05, 4.69) is 43.0 Å². The van der Waals surface area contributed by atoms with Gasteiger partial charge in [0.2, 0.25) is 5.95 Å². The second-order valence-corrected chi connectivity index (χ2v) is 8.05. The molecule has 0 bridgehead atoms. The van der Waals surface area contributed by atoms with Crippen LogP contribution in [0, 0.1) is 5.41 Å². The van der Waals surface area contributed by atoms with E-state index in [0.717, 1.165) is 39.1 Å². The number of amides is 1. The first-order valence-electron chi connectivity index (χ1n) is 9.71. The Morgan fingerprint density at radius 2 is 1.90 bits per heavy atom. The Morgan fingerprint density at radius 3 is 2.69 bits per heavy atom. The van der Waals surface area contributed by atoms with E-state index in [9.17, 15) is 4.79 Å². The number of pyridine rings is 1. The summed E-state index contributed by atoms with van der Waals surface area (Å²) in [5.41, 5.74) is 3.39. The molecular formula is C21H22N6O2. The lowest BCUT2D eigenvalue weighted by atomic mass is 9.79. The molecular weight excluding hydrogens is 368 g/mol. The lowest BCUT2D eigenvalue weighted by Crippen LogP contribution is -2.56. The molecule has 8 nitrogen and oxygen atoms in total. The van der Waals surface area contributed by atoms with E-state index < -0.39 is 5.91 Å². The average Bonchev–Trinajstić information content (AvgIpc) is 3.19. The number of aromatic nitrogens is 3. The van der Waals surface area contributed by atoms with Crippen LogP contribution in [0.2, 0.25) is 0 Å². The Labute approximate surface area is 168 Å². The van der Waals surface area contributed by atoms with Gasteiger partial charge in [-0.05, 0) is 17.4 Å². The third kappa shape index (κ3) is 3.30. The number of anilines is 1. The molecule has 1 spiro atoms. The largest absolute Gasteiger partial charge is 0.340 e. The van der Waals surface area contributed by atoms with Crippen LogP contribution >= 0.6 is 0 Å². The lowest BCUT2D eigenvalue weighted by Gasteiger charge is -2.48. The fraction of sp³-hybridized carbons (Fsp3) is 0.333. The van der Waals surface area contributed by atoms with Crippen LogP contribution in [0.25, 0.3) is 10.8 Å². The van der Waals surface area contributed by atoms with Crippen molar-refractivity contribution in [3.63, 3.8) is 0 Å². The summed E-state index contributed by atoms with van der Waals surface area (Å²) in [5, 5.41) is 11.2. The van der Waals surface area contributed by atoms with E-state index in [0.29, 0.717) is 5.95 Å². The molecule has 0 unspecified atom stereocenters. The van der Waals surface area contributed by atoms with Crippen LogP contribution in [0.4, 0.5) is 5.95 Å². The molecule has 5 rings (SSSR count). The van der Waals surface area contributed by atoms with Gasteiger partial charge in [-0.2, -0.15) is 0 Å². The predicted octanol–water partition coefficient (Wildman–Crippen LogP) is 1.86. The van der Waals surface area contributed by atoms with Crippen LogP contribution < -0.4 is 10.4 Å². The quantitative estimate of drug-likeness (QED) is 0.519. The molecule has 2 N–H and O–H groups in total. The van der Waals surface area contributed by atoms with Gasteiger partial charge >= 0.3 is 0 Å². The highest BCUT2D eigenvalue weighted by Gasteiger charge is 2.48. The van der Waals surface area contributed by atoms with Crippen LogP contribution in [-0.2, 0) is 6.54 Å². The summed E-state index contributed by atoms with van der Waals surface area (Å²) < 4.78 is 0. The molecule has 0 atom stereocenters. The zero-order chi connectivity index (χ0) is 19.8. The number of carbonyl (C=O) groups is 1. The fourth-order valence-electron chi connectivity index (χ4n) is 4.59. The van der Waals surface area contributed by atoms with Crippen molar-refractivity contribution in [1.29, 1.82) is 0 Å². The van der Waals surface area contributed by atoms with E-state index in [1.807, 2.05) is 18.5 Å². The van der Waals surface area contributed by atoms with Crippen LogP contribution in [0.1, 0.15) is 22.3 Å². The molecule has 2 aromatic heterocycles. The molecule has 0 aliphatic carbocycles. The maximum absolute atomic E-state index is 11.4. The number of hydrogen-bond donors (Lipinski definition) is 2. The van der Waals surface area contributed by atoms with Gasteiger partial charge in [0, 0.05) is 68.3 Å². The monoisotopic (exact) mass is 390 g/mol. The van der Waals surface area contributed by atoms with E-state index in [-0.39, 0.29) is 11.0 Å². The maximum atomic E-state index is 11.4. The van der Waals surface area contributed by atoms with Gasteiger partial charge in [0.15, 0.2) is 0 Å². The number of hydroxylamine groups is 1. The molecule has 1 aromatic carbocycles. The van der Waals surface area contributed by atoms with Gasteiger partial charge in [-0.3, -0.25) is 19.9 Å². The zero-order valence-electron chi connectivity index (χ0n) is 16.0. The van der Waals surface area contributed by atoms with Gasteiger partial charge in [-0.25, -0.2) is 15.4 Å². The molecule has 0 radical (unpaired) electrons. The van der Waals surface area contributed by atoms with Crippen molar-refractivity contribution in [3.8, 4) is 0 Å². The number of fused-ring (bicyclic) bond motifs is 1. The molecule has 2 aliphatic heterocycles. The number of nitrogens with zero attached hydrogens (tertiary/aromatic N) is 5. The lowest BCUT2D eigenvalue weighted by molar-refractivity contribution is 0.0119. The number of carbonyl (C=O) groups excluding carboxylic acids is 1. The second kappa shape index (κ2) is 7.06. The summed E-state index contributed by atoms with van der Waals surface area (Å²) in [6.45, 7) is 4.85. The van der Waals surface area contributed by atoms with Crippen molar-refractivity contribution < 1.29 is 10.0 Å². The minimum atomic E-state index is -0.605. The number of hydrogen-bond acceptors (Lipinski definition) is 7. The van der Waals surface area contributed by atoms with Crippen molar-refractivity contribution >= 4 is 22.6 Å². The first-order chi connectivity index (χ1) is 14.2. The summed E-state index contributed by atoms with van der Waals surface area (Å²) in [6, 6.07) is 8.39. The van der Waals surface area contributed by atoms with Crippen molar-refractivity contribution in [1.82, 2.24) is 25.3 Å². The third-order valence-electron chi connectivity index (χ3n) is 5.99. The Balaban J connectivity index is 1.22. The van der Waals surface area contributed by atoms with E-state index in [1.165, 1.54) is 28.7 Å². The Bertz CT molecular complexity index is 1040. The highest BCUT2D eigenvalue weighted by molar-refractivity contribution is 5.92. The van der Waals surface area contributed by atoms with Gasteiger partial charge in [0.05, 0.1) is 5.56 Å².